The molecule has 0 aliphatic carbocycles. The van der Waals surface area contributed by atoms with Crippen molar-refractivity contribution in [2.75, 3.05) is 184 Å². The van der Waals surface area contributed by atoms with E-state index >= 15 is 0 Å². The minimum Gasteiger partial charge on any atom is -0.495 e. The molecule has 0 radical (unpaired) electrons. The van der Waals surface area contributed by atoms with Crippen molar-refractivity contribution in [3.63, 3.8) is 0 Å². The van der Waals surface area contributed by atoms with E-state index in [2.05, 4.69) is 63.2 Å². The number of fused-ring (bicyclic) bond motifs is 6. The van der Waals surface area contributed by atoms with Crippen LogP contribution in [0.4, 0.5) is 92.2 Å². The quantitative estimate of drug-likeness (QED) is 0.0548. The van der Waals surface area contributed by atoms with E-state index in [1.54, 1.807) is 72.0 Å². The molecule has 574 valence electrons. The molecule has 3 saturated heterocycles. The number of nitrogens with one attached hydrogen (secondary N) is 4. The average molecular weight is 1510 g/mol. The summed E-state index contributed by atoms with van der Waals surface area (Å²) in [5.41, 5.74) is 9.67. The fraction of sp³-hybridized carbons (Fsp3) is 0.346. The first-order valence-electron chi connectivity index (χ1n) is 37.2. The number of piperazine rings is 1. The van der Waals surface area contributed by atoms with Crippen LogP contribution in [-0.2, 0) is 9.71 Å². The van der Waals surface area contributed by atoms with Gasteiger partial charge in [-0.25, -0.2) is 19.2 Å². The Morgan fingerprint density at radius 3 is 1.39 bits per heavy atom. The maximum atomic E-state index is 13.4. The molecule has 4 N–H and O–H groups in total. The monoisotopic (exact) mass is 1510 g/mol. The molecule has 29 heteroatoms. The van der Waals surface area contributed by atoms with Gasteiger partial charge in [0, 0.05) is 132 Å². The second-order valence-corrected chi connectivity index (χ2v) is 29.9. The molecular weight excluding hydrogens is 1410 g/mol. The summed E-state index contributed by atoms with van der Waals surface area (Å²) in [6.07, 6.45) is 11.2. The van der Waals surface area contributed by atoms with E-state index in [9.17, 15) is 23.4 Å². The number of benzene rings is 6. The third-order valence-corrected chi connectivity index (χ3v) is 21.2. The van der Waals surface area contributed by atoms with Gasteiger partial charge < -0.3 is 79.0 Å². The first-order chi connectivity index (χ1) is 53.2. The van der Waals surface area contributed by atoms with Crippen LogP contribution in [0, 0.1) is 0 Å². The van der Waals surface area contributed by atoms with Crippen LogP contribution >= 0.6 is 0 Å². The summed E-state index contributed by atoms with van der Waals surface area (Å²) in [5.74, 6) is 8.38. The van der Waals surface area contributed by atoms with Crippen LogP contribution in [0.2, 0.25) is 0 Å². The summed E-state index contributed by atoms with van der Waals surface area (Å²) in [6.45, 7) is 17.1. The van der Waals surface area contributed by atoms with Crippen LogP contribution in [0.15, 0.2) is 152 Å². The molecule has 0 saturated carbocycles. The van der Waals surface area contributed by atoms with E-state index in [1.165, 1.54) is 25.9 Å². The Hall–Kier alpha value is -11.7. The maximum Gasteiger partial charge on any atom is 0.260 e. The van der Waals surface area contributed by atoms with Crippen molar-refractivity contribution in [1.29, 1.82) is 0 Å². The van der Waals surface area contributed by atoms with Gasteiger partial charge in [0.05, 0.1) is 77.9 Å². The lowest BCUT2D eigenvalue weighted by Gasteiger charge is -2.36. The number of ether oxygens (including phenoxy) is 3. The first kappa shape index (κ1) is 76.5. The minimum absolute atomic E-state index is 0.0283. The highest BCUT2D eigenvalue weighted by Crippen LogP contribution is 2.43. The number of amides is 4. The van der Waals surface area contributed by atoms with E-state index < -0.39 is 9.71 Å². The molecule has 3 fully saturated rings. The second-order valence-electron chi connectivity index (χ2n) is 27.7. The van der Waals surface area contributed by atoms with Gasteiger partial charge in [0.25, 0.3) is 23.6 Å². The molecule has 28 nitrogen and oxygen atoms in total. The van der Waals surface area contributed by atoms with Crippen LogP contribution in [-0.4, -0.2) is 223 Å². The molecule has 4 amide bonds. The molecule has 9 aromatic rings. The van der Waals surface area contributed by atoms with Crippen LogP contribution in [0.5, 0.6) is 17.2 Å². The summed E-state index contributed by atoms with van der Waals surface area (Å²) in [5, 5.41) is 9.72. The lowest BCUT2D eigenvalue weighted by Crippen LogP contribution is -2.45. The van der Waals surface area contributed by atoms with Gasteiger partial charge in [-0.2, -0.15) is 15.0 Å². The summed E-state index contributed by atoms with van der Waals surface area (Å²) in [4.78, 5) is 101. The number of carbonyl (C=O) groups is 4. The molecule has 0 spiro atoms. The number of methoxy groups -OCH3 is 2. The molecule has 0 bridgehead atoms. The number of likely N-dealkylation sites (N-methyl/N-ethyl adjacent to an activating group) is 1. The Balaban J connectivity index is 0.000000146. The van der Waals surface area contributed by atoms with Crippen molar-refractivity contribution in [2.45, 2.75) is 52.5 Å². The normalized spacial score (nSPS) is 16.3. The number of nitrogens with zero attached hydrogens (tertiary/aromatic N) is 16. The Kier molecular flexibility index (Phi) is 23.6. The van der Waals surface area contributed by atoms with Crippen molar-refractivity contribution in [1.82, 2.24) is 49.5 Å². The lowest BCUT2D eigenvalue weighted by molar-refractivity contribution is 0.0643. The van der Waals surface area contributed by atoms with Crippen molar-refractivity contribution >= 4 is 131 Å². The van der Waals surface area contributed by atoms with Gasteiger partial charge in [0.2, 0.25) is 17.8 Å². The van der Waals surface area contributed by atoms with Crippen LogP contribution in [0.3, 0.4) is 0 Å². The van der Waals surface area contributed by atoms with Crippen molar-refractivity contribution in [3.05, 3.63) is 174 Å². The average Bonchev–Trinajstić information content (AvgIpc) is 1.64. The number of aromatic nitrogens is 6. The molecular formula is C81H96N20O8S. The third kappa shape index (κ3) is 16.8. The number of likely N-dealkylation sites (tertiary alicyclic amines) is 2. The molecule has 1 unspecified atom stereocenters. The molecule has 9 heterocycles. The predicted octanol–water partition coefficient (Wildman–Crippen LogP) is 11.9. The fourth-order valence-corrected chi connectivity index (χ4v) is 15.2. The number of hydrogen-bond acceptors (Lipinski definition) is 23. The number of anilines is 16. The Labute approximate surface area is 643 Å². The van der Waals surface area contributed by atoms with Crippen molar-refractivity contribution in [3.8, 4) is 17.2 Å². The largest absolute Gasteiger partial charge is 0.495 e. The molecule has 6 aliphatic rings. The number of carbonyl (C=O) groups excluding carboxylic acids is 4. The lowest BCUT2D eigenvalue weighted by atomic mass is 10.0. The Morgan fingerprint density at radius 1 is 0.518 bits per heavy atom. The smallest absolute Gasteiger partial charge is 0.260 e. The van der Waals surface area contributed by atoms with Gasteiger partial charge in [-0.15, -0.1) is 0 Å². The number of para-hydroxylation sites is 3. The van der Waals surface area contributed by atoms with Gasteiger partial charge in [0.15, 0.2) is 17.5 Å². The van der Waals surface area contributed by atoms with E-state index in [-0.39, 0.29) is 23.6 Å². The zero-order chi connectivity index (χ0) is 77.3. The molecule has 6 aromatic carbocycles. The van der Waals surface area contributed by atoms with Gasteiger partial charge in [0.1, 0.15) is 40.9 Å². The van der Waals surface area contributed by atoms with Crippen LogP contribution in [0.1, 0.15) is 87.9 Å². The van der Waals surface area contributed by atoms with E-state index in [1.807, 2.05) is 177 Å². The summed E-state index contributed by atoms with van der Waals surface area (Å²) < 4.78 is 32.0. The van der Waals surface area contributed by atoms with Crippen molar-refractivity contribution in [2.24, 2.45) is 0 Å². The minimum atomic E-state index is -2.34. The van der Waals surface area contributed by atoms with Gasteiger partial charge >= 0.3 is 0 Å². The SMILES string of the molecule is C=S(C)(=O)Nc1ccc(Nc2ncc3c(n2)N(C)c2ccccc2C(=O)N3CC)cc1.CCN1C(=O)c2ccccc2N(C)c2nc(Nc3ccc(C(=O)N4CCC(N5CCCC5)CC4)cc3OC)ncc21.CCN1C(=O)c2ccccc2N(C)c2nc(Nc3ccc(OCCN4CCN(C)CC4)cc3OC)ncc21. The molecule has 3 aromatic heterocycles. The topological polar surface area (TPSA) is 271 Å². The predicted molar refractivity (Wildman–Crippen MR) is 438 cm³/mol. The molecule has 1 atom stereocenters. The maximum absolute atomic E-state index is 13.4. The second kappa shape index (κ2) is 33.9. The van der Waals surface area contributed by atoms with Gasteiger partial charge in [-0.1, -0.05) is 36.4 Å². The zero-order valence-electron chi connectivity index (χ0n) is 64.1. The van der Waals surface area contributed by atoms with Gasteiger partial charge in [-0.05, 0) is 163 Å². The van der Waals surface area contributed by atoms with Crippen molar-refractivity contribution < 1.29 is 37.6 Å². The highest BCUT2D eigenvalue weighted by atomic mass is 32.2. The Morgan fingerprint density at radius 2 is 0.945 bits per heavy atom. The Bertz CT molecular complexity index is 4950. The molecule has 6 aliphatic heterocycles. The first-order valence-corrected chi connectivity index (χ1v) is 39.4. The highest BCUT2D eigenvalue weighted by Gasteiger charge is 2.35. The van der Waals surface area contributed by atoms with E-state index in [0.29, 0.717) is 130 Å². The number of piperidine rings is 1. The van der Waals surface area contributed by atoms with Crippen LogP contribution in [0.25, 0.3) is 0 Å². The molecule has 15 rings (SSSR count). The van der Waals surface area contributed by atoms with Crippen LogP contribution < -0.4 is 64.3 Å². The summed E-state index contributed by atoms with van der Waals surface area (Å²) in [6, 6.07) is 41.6. The zero-order valence-corrected chi connectivity index (χ0v) is 64.9. The van der Waals surface area contributed by atoms with Gasteiger partial charge in [-0.3, -0.25) is 24.1 Å². The summed E-state index contributed by atoms with van der Waals surface area (Å²) in [7, 11) is 8.73. The number of hydrogen-bond donors (Lipinski definition) is 4. The fourth-order valence-electron chi connectivity index (χ4n) is 14.6. The number of rotatable bonds is 19. The summed E-state index contributed by atoms with van der Waals surface area (Å²) >= 11 is 0. The third-order valence-electron chi connectivity index (χ3n) is 20.5. The standard InChI is InChI=1S/C31H37N7O3.C28H35N7O3.C22H24N6O2S/c1-4-38-26-20-32-31(34-28(26)35(2)25-10-6-5-9-23(25)30(38)40)33-24-12-11-21(19-27(24)41-3)29(39)37-17-13-22(14-18-37)36-15-7-8-16-36;1-5-35-24-19-29-28(31-26(24)33(3)23-9-7-6-8-21(23)27(35)36)30-22-11-10-20(18-25(22)37-4)38-17-16-34-14-12-32(2)13-15-34;1-5-28-19-14-23-22(24-15-10-12-16(13-11-15)26-31(3,4)30)25-20(19)27(2)18-9-7-6-8-17(18)21(28)29/h5-6,9-12,19-20,22H,4,7-8,13-18H2,1-3H3,(H,32,33,34);6-11,18-19H,5,12-17H2,1-4H3,(H,29,30,31);6-14H,3,5H2,1-2,4H3,(H,26,30)(H,23,24,25). The molecule has 110 heavy (non-hydrogen) atoms. The van der Waals surface area contributed by atoms with E-state index in [4.69, 9.17) is 29.2 Å². The highest BCUT2D eigenvalue weighted by molar-refractivity contribution is 8.00. The van der Waals surface area contributed by atoms with E-state index in [0.717, 1.165) is 92.8 Å².